The summed E-state index contributed by atoms with van der Waals surface area (Å²) in [7, 11) is 0. The van der Waals surface area contributed by atoms with Crippen molar-refractivity contribution in [1.29, 1.82) is 0 Å². The summed E-state index contributed by atoms with van der Waals surface area (Å²) in [5.41, 5.74) is 2.42. The Bertz CT molecular complexity index is 1010. The number of hydrogen-bond donors (Lipinski definition) is 0. The van der Waals surface area contributed by atoms with Gasteiger partial charge in [0.05, 0.1) is 12.2 Å². The number of ketones is 1. The van der Waals surface area contributed by atoms with Crippen molar-refractivity contribution >= 4 is 40.7 Å². The van der Waals surface area contributed by atoms with Gasteiger partial charge in [-0.3, -0.25) is 9.59 Å². The quantitative estimate of drug-likeness (QED) is 0.513. The van der Waals surface area contributed by atoms with Gasteiger partial charge in [0.25, 0.3) is 0 Å². The third-order valence-corrected chi connectivity index (χ3v) is 6.25. The molecule has 0 saturated carbocycles. The summed E-state index contributed by atoms with van der Waals surface area (Å²) in [5.74, 6) is -0.148. The molecular formula is C23H18ClNO2S. The number of nitrogens with zero attached hydrogens (tertiary/aromatic N) is 1. The molecule has 28 heavy (non-hydrogen) atoms. The van der Waals surface area contributed by atoms with Gasteiger partial charge in [0.1, 0.15) is 0 Å². The average molecular weight is 408 g/mol. The topological polar surface area (TPSA) is 37.4 Å². The van der Waals surface area contributed by atoms with Gasteiger partial charge in [0.2, 0.25) is 5.91 Å². The Morgan fingerprint density at radius 3 is 2.39 bits per heavy atom. The van der Waals surface area contributed by atoms with Gasteiger partial charge in [-0.1, -0.05) is 72.3 Å². The van der Waals surface area contributed by atoms with E-state index < -0.39 is 0 Å². The lowest BCUT2D eigenvalue weighted by atomic mass is 10.1. The molecular weight excluding hydrogens is 390 g/mol. The van der Waals surface area contributed by atoms with E-state index in [0.29, 0.717) is 17.0 Å². The summed E-state index contributed by atoms with van der Waals surface area (Å²) < 4.78 is 0. The second kappa shape index (κ2) is 8.21. The largest absolute Gasteiger partial charge is 0.303 e. The van der Waals surface area contributed by atoms with Crippen molar-refractivity contribution in [2.75, 3.05) is 11.4 Å². The van der Waals surface area contributed by atoms with Gasteiger partial charge in [0, 0.05) is 27.2 Å². The molecule has 0 spiro atoms. The van der Waals surface area contributed by atoms with Crippen LogP contribution in [0, 0.1) is 0 Å². The van der Waals surface area contributed by atoms with Crippen LogP contribution in [-0.2, 0) is 4.79 Å². The third kappa shape index (κ3) is 3.98. The highest BCUT2D eigenvalue weighted by Gasteiger charge is 2.30. The minimum atomic E-state index is -0.0852. The zero-order valence-corrected chi connectivity index (χ0v) is 16.6. The number of benzene rings is 3. The average Bonchev–Trinajstić information content (AvgIpc) is 2.85. The molecule has 0 saturated heterocycles. The molecule has 3 nitrogen and oxygen atoms in total. The van der Waals surface area contributed by atoms with Crippen molar-refractivity contribution in [2.24, 2.45) is 0 Å². The molecule has 1 heterocycles. The summed E-state index contributed by atoms with van der Waals surface area (Å²) in [4.78, 5) is 28.4. The monoisotopic (exact) mass is 407 g/mol. The van der Waals surface area contributed by atoms with Crippen LogP contribution in [-0.4, -0.2) is 18.2 Å². The van der Waals surface area contributed by atoms with E-state index >= 15 is 0 Å². The predicted octanol–water partition coefficient (Wildman–Crippen LogP) is 5.79. The number of halogens is 1. The third-order valence-electron chi connectivity index (χ3n) is 4.71. The molecule has 0 fully saturated rings. The molecule has 1 atom stereocenters. The lowest BCUT2D eigenvalue weighted by molar-refractivity contribution is -0.118. The number of thioether (sulfide) groups is 1. The second-order valence-electron chi connectivity index (χ2n) is 6.60. The van der Waals surface area contributed by atoms with Crippen LogP contribution in [0.3, 0.4) is 0 Å². The van der Waals surface area contributed by atoms with Crippen LogP contribution in [0.25, 0.3) is 0 Å². The maximum Gasteiger partial charge on any atom is 0.228 e. The van der Waals surface area contributed by atoms with Gasteiger partial charge in [-0.2, -0.15) is 0 Å². The Balaban J connectivity index is 1.69. The number of rotatable bonds is 4. The smallest absolute Gasteiger partial charge is 0.228 e. The number of hydrogen-bond acceptors (Lipinski definition) is 3. The fourth-order valence-corrected chi connectivity index (χ4v) is 4.85. The number of anilines is 1. The minimum Gasteiger partial charge on any atom is -0.303 e. The Hall–Kier alpha value is -2.56. The van der Waals surface area contributed by atoms with Gasteiger partial charge >= 0.3 is 0 Å². The number of amides is 1. The van der Waals surface area contributed by atoms with Crippen LogP contribution < -0.4 is 4.90 Å². The number of fused-ring (bicyclic) bond motifs is 1. The summed E-state index contributed by atoms with van der Waals surface area (Å²) in [6.07, 6.45) is 0.322. The first-order valence-electron chi connectivity index (χ1n) is 9.01. The first-order chi connectivity index (χ1) is 13.6. The zero-order chi connectivity index (χ0) is 19.5. The van der Waals surface area contributed by atoms with E-state index in [4.69, 9.17) is 11.6 Å². The predicted molar refractivity (Wildman–Crippen MR) is 114 cm³/mol. The Labute approximate surface area is 173 Å². The van der Waals surface area contributed by atoms with E-state index in [9.17, 15) is 9.59 Å². The molecule has 0 aliphatic carbocycles. The molecule has 0 N–H and O–H groups in total. The van der Waals surface area contributed by atoms with Gasteiger partial charge in [-0.25, -0.2) is 0 Å². The fourth-order valence-electron chi connectivity index (χ4n) is 3.29. The summed E-state index contributed by atoms with van der Waals surface area (Å²) >= 11 is 7.84. The lowest BCUT2D eigenvalue weighted by Crippen LogP contribution is -2.35. The highest BCUT2D eigenvalue weighted by atomic mass is 35.5. The number of carbonyl (C=O) groups is 2. The van der Waals surface area contributed by atoms with E-state index in [1.165, 1.54) is 0 Å². The van der Waals surface area contributed by atoms with Crippen molar-refractivity contribution in [3.05, 3.63) is 95.0 Å². The summed E-state index contributed by atoms with van der Waals surface area (Å²) in [5, 5.41) is 0.587. The van der Waals surface area contributed by atoms with E-state index in [0.717, 1.165) is 16.1 Å². The molecule has 5 heteroatoms. The van der Waals surface area contributed by atoms with Crippen molar-refractivity contribution in [3.8, 4) is 0 Å². The number of carbonyl (C=O) groups excluding carboxylic acids is 2. The van der Waals surface area contributed by atoms with Crippen LogP contribution in [0.1, 0.15) is 27.6 Å². The normalized spacial score (nSPS) is 16.4. The standard InChI is InChI=1S/C23H18ClNO2S/c24-18-11-12-19-22(13-18)28-21(17-9-5-2-6-10-17)14-23(27)25(19)15-20(26)16-7-3-1-4-8-16/h1-13,21H,14-15H2. The Morgan fingerprint density at radius 1 is 1.00 bits per heavy atom. The van der Waals surface area contributed by atoms with Crippen molar-refractivity contribution < 1.29 is 9.59 Å². The molecule has 0 bridgehead atoms. The molecule has 1 aliphatic rings. The van der Waals surface area contributed by atoms with Gasteiger partial charge in [-0.05, 0) is 23.8 Å². The molecule has 140 valence electrons. The molecule has 0 radical (unpaired) electrons. The van der Waals surface area contributed by atoms with E-state index in [1.807, 2.05) is 60.7 Å². The van der Waals surface area contributed by atoms with Gasteiger partial charge in [-0.15, -0.1) is 11.8 Å². The molecule has 3 aromatic rings. The van der Waals surface area contributed by atoms with Gasteiger partial charge in [0.15, 0.2) is 5.78 Å². The second-order valence-corrected chi connectivity index (χ2v) is 8.28. The van der Waals surface area contributed by atoms with Crippen molar-refractivity contribution in [3.63, 3.8) is 0 Å². The molecule has 1 aliphatic heterocycles. The highest BCUT2D eigenvalue weighted by Crippen LogP contribution is 2.46. The lowest BCUT2D eigenvalue weighted by Gasteiger charge is -2.22. The van der Waals surface area contributed by atoms with E-state index in [1.54, 1.807) is 34.9 Å². The SMILES string of the molecule is O=C(CN1C(=O)CC(c2ccccc2)Sc2cc(Cl)ccc21)c1ccccc1. The van der Waals surface area contributed by atoms with Crippen molar-refractivity contribution in [1.82, 2.24) is 0 Å². The van der Waals surface area contributed by atoms with Crippen LogP contribution in [0.15, 0.2) is 83.8 Å². The fraction of sp³-hybridized carbons (Fsp3) is 0.130. The maximum atomic E-state index is 13.1. The molecule has 1 amide bonds. The molecule has 1 unspecified atom stereocenters. The van der Waals surface area contributed by atoms with Crippen LogP contribution >= 0.6 is 23.4 Å². The van der Waals surface area contributed by atoms with Crippen LogP contribution in [0.5, 0.6) is 0 Å². The molecule has 3 aromatic carbocycles. The van der Waals surface area contributed by atoms with Gasteiger partial charge < -0.3 is 4.90 Å². The Kier molecular flexibility index (Phi) is 5.51. The Morgan fingerprint density at radius 2 is 1.68 bits per heavy atom. The van der Waals surface area contributed by atoms with Crippen molar-refractivity contribution in [2.45, 2.75) is 16.6 Å². The summed E-state index contributed by atoms with van der Waals surface area (Å²) in [6.45, 7) is 0.0134. The van der Waals surface area contributed by atoms with E-state index in [-0.39, 0.29) is 23.5 Å². The van der Waals surface area contributed by atoms with E-state index in [2.05, 4.69) is 0 Å². The zero-order valence-electron chi connectivity index (χ0n) is 15.0. The first-order valence-corrected chi connectivity index (χ1v) is 10.3. The van der Waals surface area contributed by atoms with Crippen LogP contribution in [0.4, 0.5) is 5.69 Å². The molecule has 0 aromatic heterocycles. The summed E-state index contributed by atoms with van der Waals surface area (Å²) in [6, 6.07) is 24.5. The van der Waals surface area contributed by atoms with Crippen LogP contribution in [0.2, 0.25) is 5.02 Å². The molecule has 4 rings (SSSR count). The highest BCUT2D eigenvalue weighted by molar-refractivity contribution is 7.99. The maximum absolute atomic E-state index is 13.1. The first kappa shape index (κ1) is 18.8. The minimum absolute atomic E-state index is 0.0134. The number of Topliss-reactive ketones (excluding diaryl/α,β-unsaturated/α-hetero) is 1.